The molecule has 136 valence electrons. The molecule has 0 atom stereocenters. The summed E-state index contributed by atoms with van der Waals surface area (Å²) in [6.07, 6.45) is 6.04. The molecule has 0 aliphatic rings. The summed E-state index contributed by atoms with van der Waals surface area (Å²) in [5.41, 5.74) is 0. The van der Waals surface area contributed by atoms with Crippen molar-refractivity contribution in [3.8, 4) is 0 Å². The van der Waals surface area contributed by atoms with Gasteiger partial charge in [-0.05, 0) is 25.7 Å². The third-order valence-electron chi connectivity index (χ3n) is 3.03. The summed E-state index contributed by atoms with van der Waals surface area (Å²) in [6.45, 7) is 6.25. The highest BCUT2D eigenvalue weighted by Crippen LogP contribution is 1.95. The van der Waals surface area contributed by atoms with Gasteiger partial charge >= 0.3 is 6.09 Å². The maximum atomic E-state index is 11.3. The van der Waals surface area contributed by atoms with Crippen molar-refractivity contribution in [3.63, 3.8) is 0 Å². The van der Waals surface area contributed by atoms with Crippen molar-refractivity contribution in [1.29, 1.82) is 0 Å². The number of rotatable bonds is 17. The summed E-state index contributed by atoms with van der Waals surface area (Å²) in [7, 11) is 0. The molecular formula is C16H32N2O5. The monoisotopic (exact) mass is 332 g/mol. The average Bonchev–Trinajstić information content (AvgIpc) is 2.56. The lowest BCUT2D eigenvalue weighted by atomic mass is 10.3. The fourth-order valence-electron chi connectivity index (χ4n) is 1.74. The fourth-order valence-corrected chi connectivity index (χ4v) is 1.74. The first-order valence-corrected chi connectivity index (χ1v) is 8.54. The maximum Gasteiger partial charge on any atom is 0.407 e. The number of unbranched alkanes of at least 4 members (excludes halogenated alkanes) is 3. The zero-order valence-electron chi connectivity index (χ0n) is 14.3. The standard InChI is InChI=1S/C16H32N2O5/c1-2-3-5-12-23-16(20)18-9-4-6-10-21-13-14-22-11-7-8-17-15-19/h15H,2-14H2,1H3,(H,17,19)(H,18,20). The molecule has 0 heterocycles. The van der Waals surface area contributed by atoms with Gasteiger partial charge in [-0.3, -0.25) is 4.79 Å². The molecule has 2 N–H and O–H groups in total. The van der Waals surface area contributed by atoms with Gasteiger partial charge in [0.25, 0.3) is 0 Å². The lowest BCUT2D eigenvalue weighted by Crippen LogP contribution is -2.25. The Balaban J connectivity index is 3.09. The highest BCUT2D eigenvalue weighted by Gasteiger charge is 2.00. The van der Waals surface area contributed by atoms with Crippen molar-refractivity contribution in [1.82, 2.24) is 10.6 Å². The normalized spacial score (nSPS) is 10.3. The number of hydrogen-bond acceptors (Lipinski definition) is 5. The van der Waals surface area contributed by atoms with Crippen molar-refractivity contribution < 1.29 is 23.8 Å². The van der Waals surface area contributed by atoms with E-state index in [9.17, 15) is 9.59 Å². The van der Waals surface area contributed by atoms with E-state index in [1.807, 2.05) is 0 Å². The van der Waals surface area contributed by atoms with Gasteiger partial charge in [0.15, 0.2) is 0 Å². The second-order valence-electron chi connectivity index (χ2n) is 5.13. The van der Waals surface area contributed by atoms with Crippen molar-refractivity contribution >= 4 is 12.5 Å². The first-order chi connectivity index (χ1) is 11.3. The molecule has 7 heteroatoms. The summed E-state index contributed by atoms with van der Waals surface area (Å²) < 4.78 is 15.8. The third kappa shape index (κ3) is 18.6. The van der Waals surface area contributed by atoms with Crippen LogP contribution in [0, 0.1) is 0 Å². The Hall–Kier alpha value is -1.34. The number of alkyl carbamates (subject to hydrolysis) is 1. The quantitative estimate of drug-likeness (QED) is 0.314. The van der Waals surface area contributed by atoms with Gasteiger partial charge in [-0.25, -0.2) is 4.79 Å². The van der Waals surface area contributed by atoms with Gasteiger partial charge in [0.05, 0.1) is 19.8 Å². The topological polar surface area (TPSA) is 85.9 Å². The van der Waals surface area contributed by atoms with E-state index < -0.39 is 0 Å². The summed E-state index contributed by atoms with van der Waals surface area (Å²) in [5.74, 6) is 0. The van der Waals surface area contributed by atoms with E-state index in [1.165, 1.54) is 0 Å². The van der Waals surface area contributed by atoms with Gasteiger partial charge in [-0.1, -0.05) is 19.8 Å². The zero-order chi connectivity index (χ0) is 17.0. The average molecular weight is 332 g/mol. The molecule has 0 spiro atoms. The molecule has 0 bridgehead atoms. The molecule has 0 aromatic rings. The van der Waals surface area contributed by atoms with Gasteiger partial charge in [0.1, 0.15) is 0 Å². The Morgan fingerprint density at radius 1 is 0.870 bits per heavy atom. The van der Waals surface area contributed by atoms with Crippen LogP contribution in [-0.2, 0) is 19.0 Å². The zero-order valence-corrected chi connectivity index (χ0v) is 14.3. The number of carbonyl (C=O) groups is 2. The third-order valence-corrected chi connectivity index (χ3v) is 3.03. The Morgan fingerprint density at radius 3 is 2.26 bits per heavy atom. The van der Waals surface area contributed by atoms with Crippen LogP contribution in [0.1, 0.15) is 45.4 Å². The molecule has 0 saturated heterocycles. The molecule has 0 aromatic carbocycles. The van der Waals surface area contributed by atoms with Crippen molar-refractivity contribution in [2.24, 2.45) is 0 Å². The smallest absolute Gasteiger partial charge is 0.407 e. The van der Waals surface area contributed by atoms with E-state index in [4.69, 9.17) is 14.2 Å². The molecule has 23 heavy (non-hydrogen) atoms. The largest absolute Gasteiger partial charge is 0.450 e. The summed E-state index contributed by atoms with van der Waals surface area (Å²) in [6, 6.07) is 0. The SMILES string of the molecule is CCCCCOC(=O)NCCCCOCCOCCCNC=O. The minimum atomic E-state index is -0.334. The van der Waals surface area contributed by atoms with Gasteiger partial charge in [-0.15, -0.1) is 0 Å². The minimum absolute atomic E-state index is 0.334. The predicted octanol–water partition coefficient (Wildman–Crippen LogP) is 1.85. The van der Waals surface area contributed by atoms with Crippen LogP contribution in [0.4, 0.5) is 4.79 Å². The fraction of sp³-hybridized carbons (Fsp3) is 0.875. The van der Waals surface area contributed by atoms with Crippen LogP contribution in [-0.4, -0.2) is 58.6 Å². The molecule has 0 aliphatic carbocycles. The number of nitrogens with one attached hydrogen (secondary N) is 2. The second kappa shape index (κ2) is 18.7. The van der Waals surface area contributed by atoms with Gasteiger partial charge < -0.3 is 24.8 Å². The van der Waals surface area contributed by atoms with E-state index in [0.29, 0.717) is 52.5 Å². The van der Waals surface area contributed by atoms with Crippen molar-refractivity contribution in [2.75, 3.05) is 46.1 Å². The van der Waals surface area contributed by atoms with Crippen LogP contribution in [0.15, 0.2) is 0 Å². The highest BCUT2D eigenvalue weighted by molar-refractivity contribution is 5.66. The Kier molecular flexibility index (Phi) is 17.6. The molecule has 0 aliphatic heterocycles. The number of hydrogen-bond donors (Lipinski definition) is 2. The van der Waals surface area contributed by atoms with Gasteiger partial charge in [0, 0.05) is 26.3 Å². The van der Waals surface area contributed by atoms with Crippen LogP contribution in [0.2, 0.25) is 0 Å². The van der Waals surface area contributed by atoms with Crippen LogP contribution in [0.25, 0.3) is 0 Å². The lowest BCUT2D eigenvalue weighted by Gasteiger charge is -2.07. The molecule has 0 fully saturated rings. The van der Waals surface area contributed by atoms with Crippen LogP contribution >= 0.6 is 0 Å². The number of ether oxygens (including phenoxy) is 3. The molecule has 0 saturated carbocycles. The van der Waals surface area contributed by atoms with E-state index >= 15 is 0 Å². The van der Waals surface area contributed by atoms with E-state index in [-0.39, 0.29) is 6.09 Å². The van der Waals surface area contributed by atoms with Crippen molar-refractivity contribution in [2.45, 2.75) is 45.4 Å². The minimum Gasteiger partial charge on any atom is -0.450 e. The Labute approximate surface area is 139 Å². The van der Waals surface area contributed by atoms with Crippen LogP contribution < -0.4 is 10.6 Å². The van der Waals surface area contributed by atoms with Gasteiger partial charge in [0.2, 0.25) is 6.41 Å². The van der Waals surface area contributed by atoms with Crippen LogP contribution in [0.3, 0.4) is 0 Å². The number of amides is 2. The maximum absolute atomic E-state index is 11.3. The molecule has 0 rings (SSSR count). The Bertz CT molecular complexity index is 277. The molecule has 0 radical (unpaired) electrons. The molecule has 2 amide bonds. The first kappa shape index (κ1) is 21.7. The molecule has 0 unspecified atom stereocenters. The molecule has 7 nitrogen and oxygen atoms in total. The summed E-state index contributed by atoms with van der Waals surface area (Å²) in [5, 5.41) is 5.30. The molecular weight excluding hydrogens is 300 g/mol. The van der Waals surface area contributed by atoms with Gasteiger partial charge in [-0.2, -0.15) is 0 Å². The van der Waals surface area contributed by atoms with E-state index in [0.717, 1.165) is 38.5 Å². The van der Waals surface area contributed by atoms with E-state index in [1.54, 1.807) is 0 Å². The number of carbonyl (C=O) groups excluding carboxylic acids is 2. The van der Waals surface area contributed by atoms with Crippen LogP contribution in [0.5, 0.6) is 0 Å². The van der Waals surface area contributed by atoms with Crippen molar-refractivity contribution in [3.05, 3.63) is 0 Å². The van der Waals surface area contributed by atoms with E-state index in [2.05, 4.69) is 17.6 Å². The summed E-state index contributed by atoms with van der Waals surface area (Å²) in [4.78, 5) is 21.3. The lowest BCUT2D eigenvalue weighted by molar-refractivity contribution is -0.109. The second-order valence-corrected chi connectivity index (χ2v) is 5.13. The first-order valence-electron chi connectivity index (χ1n) is 8.54. The summed E-state index contributed by atoms with van der Waals surface area (Å²) >= 11 is 0. The predicted molar refractivity (Wildman–Crippen MR) is 88.4 cm³/mol. The molecule has 0 aromatic heterocycles. The highest BCUT2D eigenvalue weighted by atomic mass is 16.5. The Morgan fingerprint density at radius 2 is 1.57 bits per heavy atom.